The van der Waals surface area contributed by atoms with Crippen molar-refractivity contribution in [1.29, 1.82) is 0 Å². The molecule has 1 amide bonds. The molecule has 0 aliphatic rings. The first-order valence-electron chi connectivity index (χ1n) is 6.56. The molecule has 0 heterocycles. The Kier molecular flexibility index (Phi) is 7.92. The fourth-order valence-corrected chi connectivity index (χ4v) is 2.52. The molecular formula is C14H23ClN2O3S. The van der Waals surface area contributed by atoms with Gasteiger partial charge in [-0.1, -0.05) is 13.0 Å². The number of benzene rings is 1. The van der Waals surface area contributed by atoms with E-state index >= 15 is 0 Å². The molecule has 0 spiro atoms. The Morgan fingerprint density at radius 2 is 2.00 bits per heavy atom. The number of halogens is 1. The number of amides is 1. The highest BCUT2D eigenvalue weighted by atomic mass is 35.5. The predicted octanol–water partition coefficient (Wildman–Crippen LogP) is 1.68. The summed E-state index contributed by atoms with van der Waals surface area (Å²) in [7, 11) is -3.10. The molecular weight excluding hydrogens is 312 g/mol. The van der Waals surface area contributed by atoms with Gasteiger partial charge in [0, 0.05) is 11.9 Å². The van der Waals surface area contributed by atoms with E-state index in [4.69, 9.17) is 5.73 Å². The summed E-state index contributed by atoms with van der Waals surface area (Å²) in [5.41, 5.74) is 8.72. The highest BCUT2D eigenvalue weighted by molar-refractivity contribution is 7.90. The minimum absolute atomic E-state index is 0. The number of rotatable bonds is 6. The Balaban J connectivity index is 0.00000400. The van der Waals surface area contributed by atoms with Crippen molar-refractivity contribution in [2.45, 2.75) is 32.7 Å². The predicted molar refractivity (Wildman–Crippen MR) is 88.7 cm³/mol. The van der Waals surface area contributed by atoms with Crippen LogP contribution in [0.25, 0.3) is 0 Å². The van der Waals surface area contributed by atoms with Gasteiger partial charge in [-0.25, -0.2) is 8.42 Å². The second kappa shape index (κ2) is 8.36. The fraction of sp³-hybridized carbons (Fsp3) is 0.500. The molecule has 0 bridgehead atoms. The Bertz CT molecular complexity index is 588. The van der Waals surface area contributed by atoms with Crippen LogP contribution in [0.3, 0.4) is 0 Å². The molecule has 1 aromatic carbocycles. The third-order valence-electron chi connectivity index (χ3n) is 3.13. The van der Waals surface area contributed by atoms with E-state index in [0.29, 0.717) is 5.69 Å². The van der Waals surface area contributed by atoms with Crippen LogP contribution >= 0.6 is 12.4 Å². The van der Waals surface area contributed by atoms with E-state index < -0.39 is 15.9 Å². The van der Waals surface area contributed by atoms with E-state index in [2.05, 4.69) is 5.32 Å². The summed E-state index contributed by atoms with van der Waals surface area (Å²) in [4.78, 5) is 11.9. The molecule has 0 aliphatic carbocycles. The van der Waals surface area contributed by atoms with Gasteiger partial charge in [-0.2, -0.15) is 0 Å². The minimum atomic E-state index is -3.10. The molecule has 0 fully saturated rings. The Hall–Kier alpha value is -1.11. The van der Waals surface area contributed by atoms with Gasteiger partial charge in [0.05, 0.1) is 11.8 Å². The molecule has 0 aromatic heterocycles. The van der Waals surface area contributed by atoms with Gasteiger partial charge in [0.2, 0.25) is 5.91 Å². The quantitative estimate of drug-likeness (QED) is 0.828. The van der Waals surface area contributed by atoms with Crippen LogP contribution in [-0.2, 0) is 21.1 Å². The number of hydrogen-bond donors (Lipinski definition) is 2. The molecule has 0 radical (unpaired) electrons. The molecule has 1 unspecified atom stereocenters. The van der Waals surface area contributed by atoms with Crippen LogP contribution in [-0.4, -0.2) is 32.4 Å². The summed E-state index contributed by atoms with van der Waals surface area (Å²) >= 11 is 0. The molecule has 21 heavy (non-hydrogen) atoms. The van der Waals surface area contributed by atoms with Crippen molar-refractivity contribution in [2.24, 2.45) is 5.73 Å². The van der Waals surface area contributed by atoms with Crippen molar-refractivity contribution in [3.63, 3.8) is 0 Å². The lowest BCUT2D eigenvalue weighted by Gasteiger charge is -2.13. The molecule has 5 nitrogen and oxygen atoms in total. The number of hydrogen-bond acceptors (Lipinski definition) is 4. The first-order valence-corrected chi connectivity index (χ1v) is 8.62. The summed E-state index contributed by atoms with van der Waals surface area (Å²) in [5, 5.41) is 2.72. The van der Waals surface area contributed by atoms with Crippen molar-refractivity contribution >= 4 is 33.8 Å². The maximum absolute atomic E-state index is 11.9. The van der Waals surface area contributed by atoms with E-state index in [9.17, 15) is 13.2 Å². The van der Waals surface area contributed by atoms with Gasteiger partial charge < -0.3 is 11.1 Å². The summed E-state index contributed by atoms with van der Waals surface area (Å²) < 4.78 is 22.1. The number of aryl methyl sites for hydroxylation is 2. The molecule has 7 heteroatoms. The first-order chi connectivity index (χ1) is 9.23. The standard InChI is InChI=1S/C14H22N2O3S.ClH/c1-4-11-9-12(6-5-10(11)2)16-14(17)13(15)7-8-20(3,18)19;/h5-6,9,13H,4,7-8,15H2,1-3H3,(H,16,17);1H. The maximum Gasteiger partial charge on any atom is 0.241 e. The molecule has 0 saturated carbocycles. The lowest BCUT2D eigenvalue weighted by atomic mass is 10.1. The van der Waals surface area contributed by atoms with Crippen molar-refractivity contribution in [3.05, 3.63) is 29.3 Å². The second-order valence-electron chi connectivity index (χ2n) is 5.01. The lowest BCUT2D eigenvalue weighted by molar-refractivity contribution is -0.117. The minimum Gasteiger partial charge on any atom is -0.325 e. The van der Waals surface area contributed by atoms with Gasteiger partial charge in [-0.05, 0) is 43.0 Å². The number of nitrogens with two attached hydrogens (primary N) is 1. The zero-order valence-electron chi connectivity index (χ0n) is 12.5. The normalized spacial score (nSPS) is 12.4. The van der Waals surface area contributed by atoms with Crippen molar-refractivity contribution in [2.75, 3.05) is 17.3 Å². The Morgan fingerprint density at radius 1 is 1.38 bits per heavy atom. The van der Waals surface area contributed by atoms with Crippen LogP contribution in [0.2, 0.25) is 0 Å². The van der Waals surface area contributed by atoms with E-state index in [1.165, 1.54) is 5.56 Å². The lowest BCUT2D eigenvalue weighted by Crippen LogP contribution is -2.37. The summed E-state index contributed by atoms with van der Waals surface area (Å²) in [6.07, 6.45) is 2.14. The van der Waals surface area contributed by atoms with Gasteiger partial charge in [0.15, 0.2) is 0 Å². The number of nitrogens with one attached hydrogen (secondary N) is 1. The largest absolute Gasteiger partial charge is 0.325 e. The van der Waals surface area contributed by atoms with E-state index in [-0.39, 0.29) is 30.5 Å². The number of anilines is 1. The molecule has 1 atom stereocenters. The van der Waals surface area contributed by atoms with Gasteiger partial charge in [-0.15, -0.1) is 12.4 Å². The smallest absolute Gasteiger partial charge is 0.241 e. The molecule has 0 saturated heterocycles. The van der Waals surface area contributed by atoms with Crippen LogP contribution in [0, 0.1) is 6.92 Å². The van der Waals surface area contributed by atoms with E-state index in [0.717, 1.165) is 18.2 Å². The van der Waals surface area contributed by atoms with Crippen LogP contribution in [0.4, 0.5) is 5.69 Å². The zero-order chi connectivity index (χ0) is 15.3. The Morgan fingerprint density at radius 3 is 2.52 bits per heavy atom. The van der Waals surface area contributed by atoms with Crippen LogP contribution in [0.15, 0.2) is 18.2 Å². The second-order valence-corrected chi connectivity index (χ2v) is 7.27. The molecule has 1 rings (SSSR count). The average Bonchev–Trinajstić information content (AvgIpc) is 2.37. The highest BCUT2D eigenvalue weighted by Crippen LogP contribution is 2.16. The van der Waals surface area contributed by atoms with Crippen LogP contribution in [0.5, 0.6) is 0 Å². The van der Waals surface area contributed by atoms with Gasteiger partial charge in [0.1, 0.15) is 9.84 Å². The SMILES string of the molecule is CCc1cc(NC(=O)C(N)CCS(C)(=O)=O)ccc1C.Cl. The van der Waals surface area contributed by atoms with E-state index in [1.807, 2.05) is 32.0 Å². The van der Waals surface area contributed by atoms with Gasteiger partial charge in [0.25, 0.3) is 0 Å². The third-order valence-corrected chi connectivity index (χ3v) is 4.11. The maximum atomic E-state index is 11.9. The molecule has 120 valence electrons. The van der Waals surface area contributed by atoms with Crippen molar-refractivity contribution < 1.29 is 13.2 Å². The van der Waals surface area contributed by atoms with Crippen LogP contribution < -0.4 is 11.1 Å². The topological polar surface area (TPSA) is 89.3 Å². The summed E-state index contributed by atoms with van der Waals surface area (Å²) in [6, 6.07) is 4.85. The monoisotopic (exact) mass is 334 g/mol. The van der Waals surface area contributed by atoms with Gasteiger partial charge in [-0.3, -0.25) is 4.79 Å². The number of carbonyl (C=O) groups excluding carboxylic acids is 1. The number of sulfone groups is 1. The van der Waals surface area contributed by atoms with Crippen molar-refractivity contribution in [1.82, 2.24) is 0 Å². The molecule has 3 N–H and O–H groups in total. The van der Waals surface area contributed by atoms with Gasteiger partial charge >= 0.3 is 0 Å². The number of carbonyl (C=O) groups is 1. The summed E-state index contributed by atoms with van der Waals surface area (Å²) in [5.74, 6) is -0.449. The molecule has 1 aromatic rings. The first kappa shape index (κ1) is 19.9. The zero-order valence-corrected chi connectivity index (χ0v) is 14.2. The van der Waals surface area contributed by atoms with Crippen LogP contribution in [0.1, 0.15) is 24.5 Å². The average molecular weight is 335 g/mol. The molecule has 0 aliphatic heterocycles. The summed E-state index contributed by atoms with van der Waals surface area (Å²) in [6.45, 7) is 4.06. The van der Waals surface area contributed by atoms with E-state index in [1.54, 1.807) is 0 Å². The highest BCUT2D eigenvalue weighted by Gasteiger charge is 2.16. The third kappa shape index (κ3) is 6.93. The Labute approximate surface area is 132 Å². The van der Waals surface area contributed by atoms with Crippen molar-refractivity contribution in [3.8, 4) is 0 Å². The fourth-order valence-electron chi connectivity index (χ4n) is 1.84.